The van der Waals surface area contributed by atoms with Gasteiger partial charge in [-0.15, -0.1) is 11.3 Å². The Morgan fingerprint density at radius 1 is 1.33 bits per heavy atom. The molecule has 0 radical (unpaired) electrons. The molecule has 2 heterocycles. The third-order valence-electron chi connectivity index (χ3n) is 6.07. The molecule has 142 valence electrons. The maximum absolute atomic E-state index is 12.8. The van der Waals surface area contributed by atoms with E-state index < -0.39 is 0 Å². The van der Waals surface area contributed by atoms with Gasteiger partial charge in [0.25, 0.3) is 0 Å². The van der Waals surface area contributed by atoms with Crippen LogP contribution in [0.2, 0.25) is 0 Å². The molecule has 5 heteroatoms. The monoisotopic (exact) mass is 381 g/mol. The van der Waals surface area contributed by atoms with Gasteiger partial charge in [0.05, 0.1) is 17.7 Å². The molecule has 2 aromatic rings. The van der Waals surface area contributed by atoms with Crippen molar-refractivity contribution in [1.29, 1.82) is 0 Å². The molecule has 1 aliphatic carbocycles. The third-order valence-corrected chi connectivity index (χ3v) is 6.71. The van der Waals surface area contributed by atoms with Gasteiger partial charge in [-0.2, -0.15) is 0 Å². The van der Waals surface area contributed by atoms with Crippen LogP contribution < -0.4 is 0 Å². The van der Waals surface area contributed by atoms with Gasteiger partial charge in [0.1, 0.15) is 0 Å². The summed E-state index contributed by atoms with van der Waals surface area (Å²) in [7, 11) is 1.91. The Kier molecular flexibility index (Phi) is 5.41. The fraction of sp³-hybridized carbons (Fsp3) is 0.455. The van der Waals surface area contributed by atoms with Crippen molar-refractivity contribution < 1.29 is 4.79 Å². The topological polar surface area (TPSA) is 36.4 Å². The molecule has 1 unspecified atom stereocenters. The fourth-order valence-electron chi connectivity index (χ4n) is 4.23. The summed E-state index contributed by atoms with van der Waals surface area (Å²) in [6.45, 7) is 3.82. The molecular weight excluding hydrogens is 354 g/mol. The summed E-state index contributed by atoms with van der Waals surface area (Å²) in [5, 5.41) is 2.02. The van der Waals surface area contributed by atoms with Gasteiger partial charge in [-0.3, -0.25) is 9.69 Å². The van der Waals surface area contributed by atoms with Crippen LogP contribution in [-0.2, 0) is 11.3 Å². The first-order valence-corrected chi connectivity index (χ1v) is 10.7. The number of likely N-dealkylation sites (tertiary alicyclic amines) is 1. The van der Waals surface area contributed by atoms with E-state index in [0.29, 0.717) is 12.5 Å². The quantitative estimate of drug-likeness (QED) is 0.761. The van der Waals surface area contributed by atoms with Gasteiger partial charge in [0.15, 0.2) is 0 Å². The summed E-state index contributed by atoms with van der Waals surface area (Å²) >= 11 is 1.58. The number of hydrogen-bond acceptors (Lipinski definition) is 4. The standard InChI is InChI=1S/C22H27N3OS/c1-24(15-19-16-27-17-23-19)21(26)20-14-22(20)9-12-25(13-10-22)11-5-8-18-6-3-2-4-7-18/h2-8,16-17,20H,9-15H2,1H3/b8-5+. The Hall–Kier alpha value is -1.98. The normalized spacial score (nSPS) is 21.6. The lowest BCUT2D eigenvalue weighted by Gasteiger charge is -2.32. The molecule has 4 nitrogen and oxygen atoms in total. The number of hydrogen-bond donors (Lipinski definition) is 0. The van der Waals surface area contributed by atoms with Crippen molar-refractivity contribution in [1.82, 2.24) is 14.8 Å². The van der Waals surface area contributed by atoms with Gasteiger partial charge in [-0.25, -0.2) is 4.98 Å². The predicted octanol–water partition coefficient (Wildman–Crippen LogP) is 3.92. The van der Waals surface area contributed by atoms with Crippen molar-refractivity contribution in [2.24, 2.45) is 11.3 Å². The van der Waals surface area contributed by atoms with Crippen LogP contribution in [0.5, 0.6) is 0 Å². The van der Waals surface area contributed by atoms with Crippen molar-refractivity contribution in [3.05, 3.63) is 58.6 Å². The first-order chi connectivity index (χ1) is 13.2. The van der Waals surface area contributed by atoms with E-state index in [1.165, 1.54) is 5.56 Å². The second-order valence-corrected chi connectivity index (χ2v) is 8.63. The minimum absolute atomic E-state index is 0.225. The van der Waals surface area contributed by atoms with Gasteiger partial charge in [0.2, 0.25) is 5.91 Å². The molecule has 0 bridgehead atoms. The van der Waals surface area contributed by atoms with Gasteiger partial charge in [0, 0.05) is 24.9 Å². The number of thiazole rings is 1. The minimum atomic E-state index is 0.225. The van der Waals surface area contributed by atoms with Crippen molar-refractivity contribution in [3.8, 4) is 0 Å². The van der Waals surface area contributed by atoms with Gasteiger partial charge >= 0.3 is 0 Å². The van der Waals surface area contributed by atoms with Crippen LogP contribution in [0, 0.1) is 11.3 Å². The highest BCUT2D eigenvalue weighted by molar-refractivity contribution is 7.07. The molecule has 2 fully saturated rings. The lowest BCUT2D eigenvalue weighted by molar-refractivity contribution is -0.133. The summed E-state index contributed by atoms with van der Waals surface area (Å²) in [6, 6.07) is 10.4. The van der Waals surface area contributed by atoms with E-state index in [1.54, 1.807) is 11.3 Å². The highest BCUT2D eigenvalue weighted by Crippen LogP contribution is 2.60. The summed E-state index contributed by atoms with van der Waals surface area (Å²) in [5.74, 6) is 0.531. The lowest BCUT2D eigenvalue weighted by atomic mass is 9.90. The molecule has 0 N–H and O–H groups in total. The van der Waals surface area contributed by atoms with Crippen LogP contribution in [0.15, 0.2) is 47.3 Å². The van der Waals surface area contributed by atoms with Crippen molar-refractivity contribution in [3.63, 3.8) is 0 Å². The van der Waals surface area contributed by atoms with Gasteiger partial charge < -0.3 is 4.90 Å². The van der Waals surface area contributed by atoms with Crippen molar-refractivity contribution in [2.75, 3.05) is 26.7 Å². The molecule has 1 spiro atoms. The minimum Gasteiger partial charge on any atom is -0.340 e. The molecule has 1 saturated carbocycles. The van der Waals surface area contributed by atoms with E-state index in [0.717, 1.165) is 44.6 Å². The molecule has 27 heavy (non-hydrogen) atoms. The number of piperidine rings is 1. The van der Waals surface area contributed by atoms with Crippen LogP contribution in [-0.4, -0.2) is 47.4 Å². The van der Waals surface area contributed by atoms with Crippen molar-refractivity contribution >= 4 is 23.3 Å². The Morgan fingerprint density at radius 2 is 2.11 bits per heavy atom. The third kappa shape index (κ3) is 4.30. The number of amides is 1. The Bertz CT molecular complexity index is 779. The number of aromatic nitrogens is 1. The molecule has 1 saturated heterocycles. The predicted molar refractivity (Wildman–Crippen MR) is 110 cm³/mol. The van der Waals surface area contributed by atoms with E-state index >= 15 is 0 Å². The van der Waals surface area contributed by atoms with E-state index in [-0.39, 0.29) is 11.3 Å². The van der Waals surface area contributed by atoms with E-state index in [9.17, 15) is 4.79 Å². The highest BCUT2D eigenvalue weighted by Gasteiger charge is 2.58. The molecule has 1 aromatic heterocycles. The second-order valence-electron chi connectivity index (χ2n) is 7.91. The largest absolute Gasteiger partial charge is 0.340 e. The number of rotatable bonds is 6. The Labute approximate surface area is 165 Å². The highest BCUT2D eigenvalue weighted by atomic mass is 32.1. The van der Waals surface area contributed by atoms with E-state index in [1.807, 2.05) is 28.9 Å². The first kappa shape index (κ1) is 18.4. The van der Waals surface area contributed by atoms with Crippen LogP contribution >= 0.6 is 11.3 Å². The molecule has 1 amide bonds. The number of carbonyl (C=O) groups excluding carboxylic acids is 1. The maximum Gasteiger partial charge on any atom is 0.226 e. The SMILES string of the molecule is CN(Cc1cscn1)C(=O)C1CC12CCN(C/C=C/c1ccccc1)CC2. The Morgan fingerprint density at radius 3 is 2.81 bits per heavy atom. The lowest BCUT2D eigenvalue weighted by Crippen LogP contribution is -2.37. The zero-order valence-corrected chi connectivity index (χ0v) is 16.7. The molecule has 4 rings (SSSR count). The van der Waals surface area contributed by atoms with Gasteiger partial charge in [-0.1, -0.05) is 42.5 Å². The average Bonchev–Trinajstić information content (AvgIpc) is 3.13. The Balaban J connectivity index is 1.23. The first-order valence-electron chi connectivity index (χ1n) is 9.72. The summed E-state index contributed by atoms with van der Waals surface area (Å²) < 4.78 is 0. The van der Waals surface area contributed by atoms with Crippen LogP contribution in [0.25, 0.3) is 6.08 Å². The molecular formula is C22H27N3OS. The summed E-state index contributed by atoms with van der Waals surface area (Å²) in [6.07, 6.45) is 7.81. The zero-order valence-electron chi connectivity index (χ0n) is 15.9. The van der Waals surface area contributed by atoms with E-state index in [2.05, 4.69) is 46.3 Å². The number of carbonyl (C=O) groups is 1. The summed E-state index contributed by atoms with van der Waals surface area (Å²) in [5.41, 5.74) is 4.34. The number of nitrogens with zero attached hydrogens (tertiary/aromatic N) is 3. The zero-order chi connectivity index (χ0) is 18.7. The molecule has 1 aromatic carbocycles. The number of benzene rings is 1. The molecule has 1 aliphatic heterocycles. The molecule has 1 atom stereocenters. The second kappa shape index (κ2) is 7.95. The smallest absolute Gasteiger partial charge is 0.226 e. The molecule has 2 aliphatic rings. The van der Waals surface area contributed by atoms with Crippen LogP contribution in [0.3, 0.4) is 0 Å². The van der Waals surface area contributed by atoms with Gasteiger partial charge in [-0.05, 0) is 43.3 Å². The maximum atomic E-state index is 12.8. The fourth-order valence-corrected chi connectivity index (χ4v) is 4.78. The summed E-state index contributed by atoms with van der Waals surface area (Å²) in [4.78, 5) is 21.5. The average molecular weight is 382 g/mol. The van der Waals surface area contributed by atoms with Crippen LogP contribution in [0.1, 0.15) is 30.5 Å². The van der Waals surface area contributed by atoms with Crippen molar-refractivity contribution in [2.45, 2.75) is 25.8 Å². The van der Waals surface area contributed by atoms with Crippen LogP contribution in [0.4, 0.5) is 0 Å². The van der Waals surface area contributed by atoms with E-state index in [4.69, 9.17) is 0 Å².